The lowest BCUT2D eigenvalue weighted by Crippen LogP contribution is -2.57. The number of carboxylic acid groups (broad SMARTS) is 1. The van der Waals surface area contributed by atoms with Crippen LogP contribution in [0.3, 0.4) is 0 Å². The van der Waals surface area contributed by atoms with E-state index < -0.39 is 12.0 Å². The molecular formula is C13H22N2O4. The molecule has 1 aliphatic carbocycles. The van der Waals surface area contributed by atoms with E-state index in [0.29, 0.717) is 13.2 Å². The summed E-state index contributed by atoms with van der Waals surface area (Å²) in [4.78, 5) is 25.1. The van der Waals surface area contributed by atoms with Gasteiger partial charge in [0, 0.05) is 6.54 Å². The van der Waals surface area contributed by atoms with E-state index in [2.05, 4.69) is 5.32 Å². The third-order valence-electron chi connectivity index (χ3n) is 3.95. The van der Waals surface area contributed by atoms with Gasteiger partial charge < -0.3 is 20.1 Å². The summed E-state index contributed by atoms with van der Waals surface area (Å²) < 4.78 is 5.64. The minimum absolute atomic E-state index is 0.107. The second kappa shape index (κ2) is 5.77. The second-order valence-corrected chi connectivity index (χ2v) is 5.61. The van der Waals surface area contributed by atoms with E-state index in [9.17, 15) is 9.59 Å². The highest BCUT2D eigenvalue weighted by Crippen LogP contribution is 2.29. The van der Waals surface area contributed by atoms with Crippen molar-refractivity contribution >= 4 is 12.0 Å². The molecule has 1 saturated carbocycles. The standard InChI is InChI=1S/C13H22N2O4/c1-8(2)11(12(16)17)14-13(18)15-6-7-19-10-5-3-4-9(10)15/h8-11H,3-7H2,1-2H3,(H,14,18)(H,16,17)/t9?,10?,11-/m1/s1. The number of ether oxygens (including phenoxy) is 1. The van der Waals surface area contributed by atoms with Crippen molar-refractivity contribution < 1.29 is 19.4 Å². The molecule has 0 aromatic carbocycles. The van der Waals surface area contributed by atoms with Gasteiger partial charge in [-0.05, 0) is 25.2 Å². The number of carbonyl (C=O) groups excluding carboxylic acids is 1. The maximum Gasteiger partial charge on any atom is 0.326 e. The molecule has 0 spiro atoms. The molecule has 0 aromatic rings. The molecule has 108 valence electrons. The van der Waals surface area contributed by atoms with E-state index in [4.69, 9.17) is 9.84 Å². The van der Waals surface area contributed by atoms with Gasteiger partial charge in [0.05, 0.1) is 18.8 Å². The Labute approximate surface area is 113 Å². The molecule has 1 heterocycles. The number of rotatable bonds is 3. The van der Waals surface area contributed by atoms with Crippen molar-refractivity contribution in [2.75, 3.05) is 13.2 Å². The molecule has 1 aliphatic heterocycles. The van der Waals surface area contributed by atoms with Crippen LogP contribution >= 0.6 is 0 Å². The van der Waals surface area contributed by atoms with Crippen LogP contribution in [-0.2, 0) is 9.53 Å². The van der Waals surface area contributed by atoms with E-state index in [1.807, 2.05) is 0 Å². The van der Waals surface area contributed by atoms with Crippen LogP contribution in [0.4, 0.5) is 4.79 Å². The van der Waals surface area contributed by atoms with Crippen molar-refractivity contribution in [2.45, 2.75) is 51.3 Å². The molecule has 2 fully saturated rings. The number of nitrogens with zero attached hydrogens (tertiary/aromatic N) is 1. The topological polar surface area (TPSA) is 78.9 Å². The number of hydrogen-bond donors (Lipinski definition) is 2. The highest BCUT2D eigenvalue weighted by Gasteiger charge is 2.39. The van der Waals surface area contributed by atoms with Gasteiger partial charge in [-0.1, -0.05) is 13.8 Å². The average Bonchev–Trinajstić information content (AvgIpc) is 2.82. The van der Waals surface area contributed by atoms with Crippen LogP contribution in [0, 0.1) is 5.92 Å². The molecule has 2 N–H and O–H groups in total. The number of fused-ring (bicyclic) bond motifs is 1. The van der Waals surface area contributed by atoms with Crippen molar-refractivity contribution in [3.05, 3.63) is 0 Å². The molecule has 1 saturated heterocycles. The molecule has 3 atom stereocenters. The number of hydrogen-bond acceptors (Lipinski definition) is 3. The number of carbonyl (C=O) groups is 2. The molecule has 2 amide bonds. The van der Waals surface area contributed by atoms with Crippen LogP contribution in [-0.4, -0.2) is 53.3 Å². The minimum atomic E-state index is -0.986. The van der Waals surface area contributed by atoms with Crippen LogP contribution in [0.1, 0.15) is 33.1 Å². The van der Waals surface area contributed by atoms with Crippen molar-refractivity contribution in [1.82, 2.24) is 10.2 Å². The van der Waals surface area contributed by atoms with Crippen LogP contribution < -0.4 is 5.32 Å². The molecular weight excluding hydrogens is 248 g/mol. The SMILES string of the molecule is CC(C)[C@@H](NC(=O)N1CCOC2CCCC21)C(=O)O. The summed E-state index contributed by atoms with van der Waals surface area (Å²) in [7, 11) is 0. The van der Waals surface area contributed by atoms with Gasteiger partial charge in [-0.15, -0.1) is 0 Å². The molecule has 2 rings (SSSR count). The lowest BCUT2D eigenvalue weighted by Gasteiger charge is -2.38. The third-order valence-corrected chi connectivity index (χ3v) is 3.95. The van der Waals surface area contributed by atoms with Gasteiger partial charge in [0.2, 0.25) is 0 Å². The number of urea groups is 1. The van der Waals surface area contributed by atoms with Crippen LogP contribution in [0.15, 0.2) is 0 Å². The first-order valence-electron chi connectivity index (χ1n) is 6.92. The lowest BCUT2D eigenvalue weighted by molar-refractivity contribution is -0.140. The first-order chi connectivity index (χ1) is 9.00. The normalized spacial score (nSPS) is 28.1. The molecule has 6 nitrogen and oxygen atoms in total. The zero-order valence-electron chi connectivity index (χ0n) is 11.5. The maximum absolute atomic E-state index is 12.3. The van der Waals surface area contributed by atoms with Gasteiger partial charge in [0.1, 0.15) is 6.04 Å². The van der Waals surface area contributed by atoms with Crippen LogP contribution in [0.25, 0.3) is 0 Å². The molecule has 19 heavy (non-hydrogen) atoms. The van der Waals surface area contributed by atoms with Gasteiger partial charge in [-0.25, -0.2) is 9.59 Å². The number of morpholine rings is 1. The van der Waals surface area contributed by atoms with Gasteiger partial charge in [-0.3, -0.25) is 0 Å². The highest BCUT2D eigenvalue weighted by molar-refractivity contribution is 5.83. The summed E-state index contributed by atoms with van der Waals surface area (Å²) in [5.74, 6) is -1.12. The summed E-state index contributed by atoms with van der Waals surface area (Å²) in [6, 6.07) is -1.01. The van der Waals surface area contributed by atoms with E-state index in [-0.39, 0.29) is 24.1 Å². The molecule has 6 heteroatoms. The number of amides is 2. The summed E-state index contributed by atoms with van der Waals surface area (Å²) in [5, 5.41) is 11.8. The van der Waals surface area contributed by atoms with Crippen molar-refractivity contribution in [3.63, 3.8) is 0 Å². The first kappa shape index (κ1) is 14.1. The Morgan fingerprint density at radius 3 is 2.74 bits per heavy atom. The Morgan fingerprint density at radius 1 is 1.37 bits per heavy atom. The number of aliphatic carboxylic acids is 1. The maximum atomic E-state index is 12.3. The van der Waals surface area contributed by atoms with Crippen molar-refractivity contribution in [3.8, 4) is 0 Å². The molecule has 0 bridgehead atoms. The fourth-order valence-corrected chi connectivity index (χ4v) is 2.91. The summed E-state index contributed by atoms with van der Waals surface area (Å²) in [6.07, 6.45) is 3.12. The zero-order valence-corrected chi connectivity index (χ0v) is 11.5. The molecule has 0 radical (unpaired) electrons. The fraction of sp³-hybridized carbons (Fsp3) is 0.846. The fourth-order valence-electron chi connectivity index (χ4n) is 2.91. The Hall–Kier alpha value is -1.30. The monoisotopic (exact) mass is 270 g/mol. The average molecular weight is 270 g/mol. The summed E-state index contributed by atoms with van der Waals surface area (Å²) >= 11 is 0. The highest BCUT2D eigenvalue weighted by atomic mass is 16.5. The van der Waals surface area contributed by atoms with Crippen LogP contribution in [0.5, 0.6) is 0 Å². The van der Waals surface area contributed by atoms with E-state index in [1.54, 1.807) is 18.7 Å². The predicted molar refractivity (Wildman–Crippen MR) is 68.9 cm³/mol. The van der Waals surface area contributed by atoms with Gasteiger partial charge in [-0.2, -0.15) is 0 Å². The van der Waals surface area contributed by atoms with Crippen LogP contribution in [0.2, 0.25) is 0 Å². The van der Waals surface area contributed by atoms with Crippen molar-refractivity contribution in [1.29, 1.82) is 0 Å². The molecule has 2 unspecified atom stereocenters. The lowest BCUT2D eigenvalue weighted by atomic mass is 10.0. The second-order valence-electron chi connectivity index (χ2n) is 5.61. The summed E-state index contributed by atoms with van der Waals surface area (Å²) in [5.41, 5.74) is 0. The third kappa shape index (κ3) is 3.00. The van der Waals surface area contributed by atoms with E-state index >= 15 is 0 Å². The van der Waals surface area contributed by atoms with Gasteiger partial charge in [0.25, 0.3) is 0 Å². The Bertz CT molecular complexity index is 359. The first-order valence-corrected chi connectivity index (χ1v) is 6.92. The summed E-state index contributed by atoms with van der Waals surface area (Å²) in [6.45, 7) is 4.65. The van der Waals surface area contributed by atoms with Crippen molar-refractivity contribution in [2.24, 2.45) is 5.92 Å². The Balaban J connectivity index is 2.00. The Morgan fingerprint density at radius 2 is 2.11 bits per heavy atom. The molecule has 0 aromatic heterocycles. The smallest absolute Gasteiger partial charge is 0.326 e. The van der Waals surface area contributed by atoms with E-state index in [0.717, 1.165) is 19.3 Å². The van der Waals surface area contributed by atoms with Gasteiger partial charge in [0.15, 0.2) is 0 Å². The Kier molecular flexibility index (Phi) is 4.29. The minimum Gasteiger partial charge on any atom is -0.480 e. The van der Waals surface area contributed by atoms with E-state index in [1.165, 1.54) is 0 Å². The zero-order chi connectivity index (χ0) is 14.0. The number of nitrogens with one attached hydrogen (secondary N) is 1. The predicted octanol–water partition coefficient (Wildman–Crippen LogP) is 1.06. The largest absolute Gasteiger partial charge is 0.480 e. The van der Waals surface area contributed by atoms with Gasteiger partial charge >= 0.3 is 12.0 Å². The number of carboxylic acids is 1. The molecule has 2 aliphatic rings. The quantitative estimate of drug-likeness (QED) is 0.803.